The molecule has 0 N–H and O–H groups in total. The molecule has 0 aromatic heterocycles. The quantitative estimate of drug-likeness (QED) is 0.406. The molecule has 3 aromatic carbocycles. The molecule has 6 nitrogen and oxygen atoms in total. The molecule has 0 radical (unpaired) electrons. The fourth-order valence-electron chi connectivity index (χ4n) is 2.97. The van der Waals surface area contributed by atoms with Gasteiger partial charge in [0.2, 0.25) is 18.0 Å². The number of carbonyl (C=O) groups is 2. The number of benzene rings is 3. The van der Waals surface area contributed by atoms with Crippen LogP contribution in [0.2, 0.25) is 0 Å². The van der Waals surface area contributed by atoms with Crippen LogP contribution in [-0.2, 0) is 9.53 Å². The van der Waals surface area contributed by atoms with Crippen molar-refractivity contribution in [2.24, 2.45) is 5.10 Å². The van der Waals surface area contributed by atoms with Crippen LogP contribution in [0, 0.1) is 0 Å². The highest BCUT2D eigenvalue weighted by atomic mass is 79.9. The van der Waals surface area contributed by atoms with E-state index >= 15 is 0 Å². The minimum absolute atomic E-state index is 0.233. The second kappa shape index (κ2) is 8.51. The highest BCUT2D eigenvalue weighted by molar-refractivity contribution is 9.10. The minimum Gasteiger partial charge on any atom is -0.446 e. The van der Waals surface area contributed by atoms with Gasteiger partial charge in [0.1, 0.15) is 5.75 Å². The number of ether oxygens (including phenoxy) is 2. The van der Waals surface area contributed by atoms with Crippen molar-refractivity contribution in [1.82, 2.24) is 5.01 Å². The first-order valence-corrected chi connectivity index (χ1v) is 9.99. The zero-order valence-corrected chi connectivity index (χ0v) is 17.6. The van der Waals surface area contributed by atoms with Crippen molar-refractivity contribution in [3.05, 3.63) is 100 Å². The van der Waals surface area contributed by atoms with Crippen LogP contribution in [0.25, 0.3) is 0 Å². The van der Waals surface area contributed by atoms with E-state index < -0.39 is 12.2 Å². The van der Waals surface area contributed by atoms with Crippen molar-refractivity contribution < 1.29 is 19.1 Å². The summed E-state index contributed by atoms with van der Waals surface area (Å²) >= 11 is 3.43. The standard InChI is InChI=1S/C23H17BrN2O4/c1-15(27)26-22(18-8-5-9-19(24)14-18)30-21(25-26)16-10-12-20(13-11-16)29-23(28)17-6-3-2-4-7-17/h2-14,22H,1H3/t22-/m0/s1. The molecule has 30 heavy (non-hydrogen) atoms. The number of hydrazone groups is 1. The Morgan fingerprint density at radius 2 is 1.73 bits per heavy atom. The molecule has 4 rings (SSSR count). The summed E-state index contributed by atoms with van der Waals surface area (Å²) in [5.74, 6) is 0.0490. The summed E-state index contributed by atoms with van der Waals surface area (Å²) in [6.07, 6.45) is -0.648. The SMILES string of the molecule is CC(=O)N1N=C(c2ccc(OC(=O)c3ccccc3)cc2)O[C@H]1c1cccc(Br)c1. The van der Waals surface area contributed by atoms with Crippen LogP contribution in [-0.4, -0.2) is 22.8 Å². The van der Waals surface area contributed by atoms with Gasteiger partial charge in [-0.15, -0.1) is 5.10 Å². The zero-order valence-electron chi connectivity index (χ0n) is 16.0. The van der Waals surface area contributed by atoms with Crippen LogP contribution in [0.15, 0.2) is 88.4 Å². The molecule has 1 aliphatic heterocycles. The summed E-state index contributed by atoms with van der Waals surface area (Å²) in [6.45, 7) is 1.44. The second-order valence-corrected chi connectivity index (χ2v) is 7.49. The van der Waals surface area contributed by atoms with Crippen LogP contribution < -0.4 is 4.74 Å². The molecule has 150 valence electrons. The number of nitrogens with zero attached hydrogens (tertiary/aromatic N) is 2. The Balaban J connectivity index is 1.52. The molecule has 7 heteroatoms. The van der Waals surface area contributed by atoms with Crippen molar-refractivity contribution in [2.75, 3.05) is 0 Å². The maximum atomic E-state index is 12.2. The number of hydrogen-bond acceptors (Lipinski definition) is 5. The van der Waals surface area contributed by atoms with Gasteiger partial charge in [0.15, 0.2) is 0 Å². The lowest BCUT2D eigenvalue weighted by Gasteiger charge is -2.19. The predicted molar refractivity (Wildman–Crippen MR) is 115 cm³/mol. The molecule has 1 aliphatic rings. The maximum Gasteiger partial charge on any atom is 0.343 e. The number of rotatable bonds is 4. The minimum atomic E-state index is -0.648. The first kappa shape index (κ1) is 19.8. The number of carbonyl (C=O) groups excluding carboxylic acids is 2. The highest BCUT2D eigenvalue weighted by Crippen LogP contribution is 2.31. The van der Waals surface area contributed by atoms with E-state index in [1.807, 2.05) is 30.3 Å². The van der Waals surface area contributed by atoms with Crippen LogP contribution in [0.4, 0.5) is 0 Å². The average molecular weight is 465 g/mol. The molecule has 1 heterocycles. The van der Waals surface area contributed by atoms with Gasteiger partial charge < -0.3 is 9.47 Å². The van der Waals surface area contributed by atoms with Gasteiger partial charge in [-0.3, -0.25) is 4.79 Å². The van der Waals surface area contributed by atoms with Gasteiger partial charge in [-0.25, -0.2) is 4.79 Å². The molecule has 0 bridgehead atoms. The monoisotopic (exact) mass is 464 g/mol. The van der Waals surface area contributed by atoms with E-state index in [4.69, 9.17) is 9.47 Å². The molecule has 0 saturated heterocycles. The molecule has 0 fully saturated rings. The Hall–Kier alpha value is -3.45. The summed E-state index contributed by atoms with van der Waals surface area (Å²) in [6, 6.07) is 23.1. The summed E-state index contributed by atoms with van der Waals surface area (Å²) in [5.41, 5.74) is 1.93. The number of halogens is 1. The summed E-state index contributed by atoms with van der Waals surface area (Å²) in [7, 11) is 0. The number of amides is 1. The van der Waals surface area contributed by atoms with Crippen molar-refractivity contribution in [2.45, 2.75) is 13.2 Å². The number of esters is 1. The van der Waals surface area contributed by atoms with Gasteiger partial charge in [-0.05, 0) is 48.5 Å². The summed E-state index contributed by atoms with van der Waals surface area (Å²) in [5, 5.41) is 5.64. The second-order valence-electron chi connectivity index (χ2n) is 6.57. The zero-order chi connectivity index (χ0) is 21.1. The van der Waals surface area contributed by atoms with E-state index in [2.05, 4.69) is 21.0 Å². The fourth-order valence-corrected chi connectivity index (χ4v) is 3.38. The molecular formula is C23H17BrN2O4. The lowest BCUT2D eigenvalue weighted by atomic mass is 10.2. The van der Waals surface area contributed by atoms with Gasteiger partial charge in [0.05, 0.1) is 5.56 Å². The summed E-state index contributed by atoms with van der Waals surface area (Å²) in [4.78, 5) is 24.3. The van der Waals surface area contributed by atoms with E-state index in [0.717, 1.165) is 10.0 Å². The van der Waals surface area contributed by atoms with Gasteiger partial charge in [-0.2, -0.15) is 5.01 Å². The highest BCUT2D eigenvalue weighted by Gasteiger charge is 2.33. The van der Waals surface area contributed by atoms with E-state index in [0.29, 0.717) is 22.8 Å². The van der Waals surface area contributed by atoms with Gasteiger partial charge in [0, 0.05) is 22.5 Å². The molecule has 1 atom stereocenters. The smallest absolute Gasteiger partial charge is 0.343 e. The van der Waals surface area contributed by atoms with Crippen LogP contribution in [0.1, 0.15) is 34.6 Å². The first-order valence-electron chi connectivity index (χ1n) is 9.19. The Morgan fingerprint density at radius 1 is 1.00 bits per heavy atom. The largest absolute Gasteiger partial charge is 0.446 e. The topological polar surface area (TPSA) is 68.2 Å². The Kier molecular flexibility index (Phi) is 5.63. The van der Waals surface area contributed by atoms with Crippen molar-refractivity contribution >= 4 is 33.7 Å². The van der Waals surface area contributed by atoms with Gasteiger partial charge in [0.25, 0.3) is 0 Å². The first-order chi connectivity index (χ1) is 14.5. The fraction of sp³-hybridized carbons (Fsp3) is 0.0870. The lowest BCUT2D eigenvalue weighted by molar-refractivity contribution is -0.135. The molecule has 0 unspecified atom stereocenters. The van der Waals surface area contributed by atoms with E-state index in [-0.39, 0.29) is 5.91 Å². The third-order valence-electron chi connectivity index (χ3n) is 4.42. The summed E-state index contributed by atoms with van der Waals surface area (Å²) < 4.78 is 12.3. The Labute approximate surface area is 181 Å². The number of hydrogen-bond donors (Lipinski definition) is 0. The van der Waals surface area contributed by atoms with Crippen molar-refractivity contribution in [3.8, 4) is 5.75 Å². The van der Waals surface area contributed by atoms with Gasteiger partial charge >= 0.3 is 5.97 Å². The van der Waals surface area contributed by atoms with E-state index in [1.165, 1.54) is 11.9 Å². The van der Waals surface area contributed by atoms with Crippen LogP contribution in [0.3, 0.4) is 0 Å². The van der Waals surface area contributed by atoms with Crippen molar-refractivity contribution in [3.63, 3.8) is 0 Å². The van der Waals surface area contributed by atoms with E-state index in [1.54, 1.807) is 48.5 Å². The third-order valence-corrected chi connectivity index (χ3v) is 4.91. The predicted octanol–water partition coefficient (Wildman–Crippen LogP) is 4.91. The molecule has 3 aromatic rings. The van der Waals surface area contributed by atoms with Crippen LogP contribution >= 0.6 is 15.9 Å². The maximum absolute atomic E-state index is 12.2. The molecule has 0 saturated carbocycles. The van der Waals surface area contributed by atoms with Crippen molar-refractivity contribution in [1.29, 1.82) is 0 Å². The average Bonchev–Trinajstić information content (AvgIpc) is 3.21. The molecule has 0 spiro atoms. The lowest BCUT2D eigenvalue weighted by Crippen LogP contribution is -2.25. The van der Waals surface area contributed by atoms with Gasteiger partial charge in [-0.1, -0.05) is 46.3 Å². The Bertz CT molecular complexity index is 1110. The Morgan fingerprint density at radius 3 is 2.40 bits per heavy atom. The normalized spacial score (nSPS) is 15.3. The third kappa shape index (κ3) is 4.26. The van der Waals surface area contributed by atoms with E-state index in [9.17, 15) is 9.59 Å². The molecule has 1 amide bonds. The van der Waals surface area contributed by atoms with Crippen LogP contribution in [0.5, 0.6) is 5.75 Å². The molecule has 0 aliphatic carbocycles. The molecular weight excluding hydrogens is 448 g/mol.